The van der Waals surface area contributed by atoms with E-state index in [2.05, 4.69) is 20.3 Å². The molecule has 0 atom stereocenters. The Hall–Kier alpha value is -2.69. The molecule has 5 heteroatoms. The van der Waals surface area contributed by atoms with Crippen LogP contribution in [0.15, 0.2) is 54.9 Å². The Bertz CT molecular complexity index is 757. The van der Waals surface area contributed by atoms with E-state index in [-0.39, 0.29) is 0 Å². The van der Waals surface area contributed by atoms with Gasteiger partial charge in [-0.25, -0.2) is 9.97 Å². The van der Waals surface area contributed by atoms with E-state index in [0.717, 1.165) is 28.1 Å². The quantitative estimate of drug-likeness (QED) is 0.747. The predicted octanol–water partition coefficient (Wildman–Crippen LogP) is 2.25. The van der Waals surface area contributed by atoms with Gasteiger partial charge in [0.15, 0.2) is 5.82 Å². The van der Waals surface area contributed by atoms with Gasteiger partial charge >= 0.3 is 0 Å². The van der Waals surface area contributed by atoms with E-state index in [4.69, 9.17) is 7.85 Å². The molecular formula is C17H15BN4. The van der Waals surface area contributed by atoms with Crippen molar-refractivity contribution in [3.63, 3.8) is 0 Å². The highest BCUT2D eigenvalue weighted by Crippen LogP contribution is 2.17. The van der Waals surface area contributed by atoms with Gasteiger partial charge in [0.2, 0.25) is 0 Å². The largest absolute Gasteiger partial charge is 0.366 e. The van der Waals surface area contributed by atoms with E-state index < -0.39 is 0 Å². The van der Waals surface area contributed by atoms with E-state index in [1.807, 2.05) is 55.6 Å². The van der Waals surface area contributed by atoms with Crippen LogP contribution in [0, 0.1) is 6.92 Å². The minimum absolute atomic E-state index is 0.672. The van der Waals surface area contributed by atoms with Crippen molar-refractivity contribution in [3.8, 4) is 11.4 Å². The van der Waals surface area contributed by atoms with E-state index in [9.17, 15) is 0 Å². The van der Waals surface area contributed by atoms with Crippen molar-refractivity contribution in [2.75, 3.05) is 5.32 Å². The van der Waals surface area contributed by atoms with Gasteiger partial charge in [0.1, 0.15) is 13.7 Å². The van der Waals surface area contributed by atoms with Crippen LogP contribution in [0.1, 0.15) is 11.3 Å². The molecule has 0 saturated carbocycles. The highest BCUT2D eigenvalue weighted by Gasteiger charge is 2.05. The van der Waals surface area contributed by atoms with Gasteiger partial charge in [0.05, 0.1) is 0 Å². The topological polar surface area (TPSA) is 50.7 Å². The lowest BCUT2D eigenvalue weighted by atomic mass is 9.95. The molecule has 106 valence electrons. The number of hydrogen-bond donors (Lipinski definition) is 1. The van der Waals surface area contributed by atoms with Crippen molar-refractivity contribution < 1.29 is 0 Å². The second-order valence-electron chi connectivity index (χ2n) is 5.06. The first kappa shape index (κ1) is 14.3. The molecule has 2 radical (unpaired) electrons. The van der Waals surface area contributed by atoms with Crippen LogP contribution < -0.4 is 10.8 Å². The Morgan fingerprint density at radius 2 is 1.91 bits per heavy atom. The molecule has 0 bridgehead atoms. The number of aromatic nitrogens is 3. The summed E-state index contributed by atoms with van der Waals surface area (Å²) in [4.78, 5) is 13.2. The van der Waals surface area contributed by atoms with Gasteiger partial charge < -0.3 is 5.32 Å². The Kier molecular flexibility index (Phi) is 4.14. The highest BCUT2D eigenvalue weighted by molar-refractivity contribution is 6.32. The number of benzene rings is 1. The van der Waals surface area contributed by atoms with Crippen LogP contribution in [0.4, 0.5) is 5.82 Å². The fourth-order valence-corrected chi connectivity index (χ4v) is 2.12. The van der Waals surface area contributed by atoms with Crippen LogP contribution in [0.2, 0.25) is 0 Å². The van der Waals surface area contributed by atoms with Crippen molar-refractivity contribution >= 4 is 19.1 Å². The number of rotatable bonds is 4. The molecule has 0 saturated heterocycles. The molecule has 1 N–H and O–H groups in total. The third-order valence-corrected chi connectivity index (χ3v) is 3.22. The molecule has 0 fully saturated rings. The lowest BCUT2D eigenvalue weighted by Crippen LogP contribution is -2.05. The Labute approximate surface area is 131 Å². The number of nitrogens with one attached hydrogen (secondary N) is 1. The third kappa shape index (κ3) is 3.49. The van der Waals surface area contributed by atoms with Crippen LogP contribution >= 0.6 is 0 Å². The fourth-order valence-electron chi connectivity index (χ4n) is 2.12. The summed E-state index contributed by atoms with van der Waals surface area (Å²) in [7, 11) is 5.72. The molecule has 0 aliphatic heterocycles. The average Bonchev–Trinajstić information content (AvgIpc) is 2.54. The summed E-state index contributed by atoms with van der Waals surface area (Å²) in [5, 5.41) is 3.31. The van der Waals surface area contributed by atoms with Crippen molar-refractivity contribution in [2.24, 2.45) is 0 Å². The van der Waals surface area contributed by atoms with Gasteiger partial charge in [0.25, 0.3) is 0 Å². The zero-order chi connectivity index (χ0) is 15.4. The van der Waals surface area contributed by atoms with E-state index in [1.165, 1.54) is 0 Å². The maximum atomic E-state index is 5.72. The molecule has 0 aliphatic carbocycles. The molecule has 3 rings (SSSR count). The zero-order valence-electron chi connectivity index (χ0n) is 12.3. The molecule has 0 aliphatic rings. The average molecular weight is 286 g/mol. The molecule has 2 aromatic heterocycles. The summed E-state index contributed by atoms with van der Waals surface area (Å²) in [6, 6.07) is 13.4. The minimum atomic E-state index is 0.672. The van der Waals surface area contributed by atoms with Gasteiger partial charge in [-0.15, -0.1) is 0 Å². The van der Waals surface area contributed by atoms with Crippen LogP contribution in [0.5, 0.6) is 0 Å². The number of hydrogen-bond acceptors (Lipinski definition) is 4. The van der Waals surface area contributed by atoms with Crippen molar-refractivity contribution in [2.45, 2.75) is 13.5 Å². The van der Waals surface area contributed by atoms with Crippen LogP contribution in [-0.2, 0) is 6.54 Å². The molecule has 0 spiro atoms. The van der Waals surface area contributed by atoms with Gasteiger partial charge in [-0.1, -0.05) is 35.8 Å². The highest BCUT2D eigenvalue weighted by atomic mass is 15.0. The van der Waals surface area contributed by atoms with E-state index in [0.29, 0.717) is 12.4 Å². The standard InChI is InChI=1S/C17H15BN4/c1-12-9-16(20-11-13-3-2-8-19-10-13)22-17(21-12)14-4-6-15(18)7-5-14/h2-10H,11H2,1H3,(H,20,21,22). The molecular weight excluding hydrogens is 271 g/mol. The Morgan fingerprint density at radius 1 is 1.09 bits per heavy atom. The molecule has 4 nitrogen and oxygen atoms in total. The number of anilines is 1. The van der Waals surface area contributed by atoms with E-state index >= 15 is 0 Å². The van der Waals surface area contributed by atoms with Crippen molar-refractivity contribution in [3.05, 3.63) is 66.1 Å². The van der Waals surface area contributed by atoms with Crippen molar-refractivity contribution in [1.29, 1.82) is 0 Å². The fraction of sp³-hybridized carbons (Fsp3) is 0.118. The third-order valence-electron chi connectivity index (χ3n) is 3.22. The zero-order valence-corrected chi connectivity index (χ0v) is 12.3. The van der Waals surface area contributed by atoms with Gasteiger partial charge in [0, 0.05) is 36.3 Å². The summed E-state index contributed by atoms with van der Waals surface area (Å²) in [5.74, 6) is 1.48. The smallest absolute Gasteiger partial charge is 0.161 e. The SMILES string of the molecule is [B]c1ccc(-c2nc(C)cc(NCc3cccnc3)n2)cc1. The van der Waals surface area contributed by atoms with Crippen LogP contribution in [-0.4, -0.2) is 22.8 Å². The monoisotopic (exact) mass is 286 g/mol. The lowest BCUT2D eigenvalue weighted by Gasteiger charge is -2.09. The minimum Gasteiger partial charge on any atom is -0.366 e. The maximum Gasteiger partial charge on any atom is 0.161 e. The number of pyridine rings is 1. The molecule has 1 aromatic carbocycles. The Balaban J connectivity index is 1.82. The normalized spacial score (nSPS) is 10.4. The molecule has 0 unspecified atom stereocenters. The van der Waals surface area contributed by atoms with E-state index in [1.54, 1.807) is 6.20 Å². The molecule has 0 amide bonds. The number of aryl methyl sites for hydroxylation is 1. The molecule has 3 aromatic rings. The maximum absolute atomic E-state index is 5.72. The second kappa shape index (κ2) is 6.39. The molecule has 2 heterocycles. The second-order valence-corrected chi connectivity index (χ2v) is 5.06. The number of nitrogens with zero attached hydrogens (tertiary/aromatic N) is 3. The first-order chi connectivity index (χ1) is 10.7. The van der Waals surface area contributed by atoms with Crippen LogP contribution in [0.3, 0.4) is 0 Å². The lowest BCUT2D eigenvalue weighted by molar-refractivity contribution is 1.05. The summed E-state index contributed by atoms with van der Waals surface area (Å²) in [6.07, 6.45) is 3.60. The summed E-state index contributed by atoms with van der Waals surface area (Å²) >= 11 is 0. The van der Waals surface area contributed by atoms with Gasteiger partial charge in [-0.3, -0.25) is 4.98 Å². The predicted molar refractivity (Wildman–Crippen MR) is 89.2 cm³/mol. The van der Waals surface area contributed by atoms with Gasteiger partial charge in [-0.2, -0.15) is 0 Å². The van der Waals surface area contributed by atoms with Gasteiger partial charge in [-0.05, 0) is 18.6 Å². The Morgan fingerprint density at radius 3 is 2.64 bits per heavy atom. The summed E-state index contributed by atoms with van der Waals surface area (Å²) < 4.78 is 0. The van der Waals surface area contributed by atoms with Crippen molar-refractivity contribution in [1.82, 2.24) is 15.0 Å². The summed E-state index contributed by atoms with van der Waals surface area (Å²) in [6.45, 7) is 2.63. The first-order valence-electron chi connectivity index (χ1n) is 7.05. The summed E-state index contributed by atoms with van der Waals surface area (Å²) in [5.41, 5.74) is 3.69. The first-order valence-corrected chi connectivity index (χ1v) is 7.05. The van der Waals surface area contributed by atoms with Crippen LogP contribution in [0.25, 0.3) is 11.4 Å². The molecule has 22 heavy (non-hydrogen) atoms.